The van der Waals surface area contributed by atoms with E-state index in [0.717, 1.165) is 36.0 Å². The Labute approximate surface area is 178 Å². The number of aryl methyl sites for hydroxylation is 2. The fourth-order valence-electron chi connectivity index (χ4n) is 4.98. The Balaban J connectivity index is 1.59. The van der Waals surface area contributed by atoms with Gasteiger partial charge in [-0.3, -0.25) is 4.79 Å². The lowest BCUT2D eigenvalue weighted by Gasteiger charge is -2.18. The van der Waals surface area contributed by atoms with Crippen LogP contribution in [0.1, 0.15) is 57.9 Å². The number of rotatable bonds is 4. The molecule has 2 aromatic rings. The number of carbonyl (C=O) groups is 1. The first-order valence-corrected chi connectivity index (χ1v) is 11.9. The molecule has 2 aliphatic carbocycles. The summed E-state index contributed by atoms with van der Waals surface area (Å²) >= 11 is 0. The highest BCUT2D eigenvalue weighted by molar-refractivity contribution is 7.90. The highest BCUT2D eigenvalue weighted by Gasteiger charge is 2.36. The summed E-state index contributed by atoms with van der Waals surface area (Å²) in [7, 11) is -3.78. The largest absolute Gasteiger partial charge is 0.477 e. The van der Waals surface area contributed by atoms with Gasteiger partial charge in [0.25, 0.3) is 5.91 Å². The number of fused-ring (bicyclic) bond motifs is 3. The lowest BCUT2D eigenvalue weighted by Crippen LogP contribution is -2.21. The Bertz CT molecular complexity index is 1190. The van der Waals surface area contributed by atoms with E-state index >= 15 is 0 Å². The molecule has 5 rings (SSSR count). The maximum Gasteiger partial charge on any atom is 0.277 e. The standard InChI is InChI=1S/C20H23F2N5O3S/c21-18(22)13-6-5-12-14(13)9-10-3-1-4-11(10)15(12)25-19(28)16-17(31(23,24)29)20-27(26-16)7-2-8-30-20/h9,13,18H,1-8H2,(H,25,28)(H3,23,24,29). The summed E-state index contributed by atoms with van der Waals surface area (Å²) in [6, 6.07) is 1.88. The Morgan fingerprint density at radius 2 is 2.13 bits per heavy atom. The van der Waals surface area contributed by atoms with Gasteiger partial charge in [-0.1, -0.05) is 6.07 Å². The van der Waals surface area contributed by atoms with Crippen molar-refractivity contribution >= 4 is 21.5 Å². The number of hydrogen-bond acceptors (Lipinski definition) is 5. The van der Waals surface area contributed by atoms with Crippen LogP contribution in [-0.2, 0) is 35.7 Å². The number of carbonyl (C=O) groups excluding carboxylic acids is 1. The van der Waals surface area contributed by atoms with Crippen LogP contribution < -0.4 is 15.2 Å². The zero-order valence-corrected chi connectivity index (χ0v) is 17.6. The number of hydrogen-bond donors (Lipinski definition) is 3. The van der Waals surface area contributed by atoms with Crippen LogP contribution in [0.3, 0.4) is 0 Å². The average Bonchev–Trinajstić information content (AvgIpc) is 3.42. The Kier molecular flexibility index (Phi) is 4.78. The molecular weight excluding hydrogens is 428 g/mol. The first kappa shape index (κ1) is 20.4. The van der Waals surface area contributed by atoms with Crippen molar-refractivity contribution in [3.8, 4) is 5.88 Å². The number of aromatic nitrogens is 2. The van der Waals surface area contributed by atoms with Crippen LogP contribution in [0.15, 0.2) is 11.0 Å². The second-order valence-corrected chi connectivity index (χ2v) is 9.86. The number of anilines is 1. The molecule has 1 aromatic carbocycles. The van der Waals surface area contributed by atoms with Gasteiger partial charge in [-0.2, -0.15) is 5.10 Å². The van der Waals surface area contributed by atoms with Gasteiger partial charge >= 0.3 is 0 Å². The molecule has 0 spiro atoms. The topological polar surface area (TPSA) is 123 Å². The highest BCUT2D eigenvalue weighted by atomic mass is 32.2. The molecule has 4 N–H and O–H groups in total. The molecule has 0 saturated carbocycles. The molecule has 1 aromatic heterocycles. The zero-order valence-electron chi connectivity index (χ0n) is 16.7. The van der Waals surface area contributed by atoms with E-state index in [4.69, 9.17) is 14.7 Å². The Morgan fingerprint density at radius 1 is 1.32 bits per heavy atom. The number of alkyl halides is 2. The predicted octanol–water partition coefficient (Wildman–Crippen LogP) is 2.98. The smallest absolute Gasteiger partial charge is 0.277 e. The minimum Gasteiger partial charge on any atom is -0.477 e. The molecular formula is C20H23F2N5O3S. The van der Waals surface area contributed by atoms with Crippen molar-refractivity contribution in [3.05, 3.63) is 34.0 Å². The predicted molar refractivity (Wildman–Crippen MR) is 109 cm³/mol. The fourth-order valence-corrected chi connectivity index (χ4v) is 5.83. The number of benzene rings is 1. The average molecular weight is 451 g/mol. The molecule has 1 amide bonds. The van der Waals surface area contributed by atoms with Crippen molar-refractivity contribution in [2.75, 3.05) is 11.9 Å². The zero-order chi connectivity index (χ0) is 21.9. The summed E-state index contributed by atoms with van der Waals surface area (Å²) in [6.07, 6.45) is 1.41. The van der Waals surface area contributed by atoms with Gasteiger partial charge < -0.3 is 10.1 Å². The maximum atomic E-state index is 13.6. The second kappa shape index (κ2) is 7.27. The summed E-state index contributed by atoms with van der Waals surface area (Å²) in [5, 5.41) is 12.7. The van der Waals surface area contributed by atoms with Gasteiger partial charge in [0.2, 0.25) is 12.3 Å². The highest BCUT2D eigenvalue weighted by Crippen LogP contribution is 2.45. The van der Waals surface area contributed by atoms with E-state index in [0.29, 0.717) is 43.7 Å². The van der Waals surface area contributed by atoms with E-state index in [-0.39, 0.29) is 16.5 Å². The molecule has 2 heterocycles. The van der Waals surface area contributed by atoms with Crippen molar-refractivity contribution in [2.24, 2.45) is 5.14 Å². The van der Waals surface area contributed by atoms with Gasteiger partial charge in [-0.15, -0.1) is 0 Å². The minimum atomic E-state index is -3.78. The van der Waals surface area contributed by atoms with Crippen LogP contribution in [0.4, 0.5) is 14.5 Å². The summed E-state index contributed by atoms with van der Waals surface area (Å²) in [5.74, 6) is -1.41. The third-order valence-corrected chi connectivity index (χ3v) is 7.30. The van der Waals surface area contributed by atoms with Crippen LogP contribution in [0.5, 0.6) is 5.88 Å². The van der Waals surface area contributed by atoms with Crippen molar-refractivity contribution in [1.29, 1.82) is 4.78 Å². The fraction of sp³-hybridized carbons (Fsp3) is 0.500. The van der Waals surface area contributed by atoms with E-state index in [1.165, 1.54) is 4.68 Å². The quantitative estimate of drug-likeness (QED) is 0.661. The van der Waals surface area contributed by atoms with Gasteiger partial charge in [-0.05, 0) is 54.4 Å². The van der Waals surface area contributed by atoms with Crippen LogP contribution in [0.25, 0.3) is 0 Å². The molecule has 11 heteroatoms. The third kappa shape index (κ3) is 3.30. The SMILES string of the molecule is N=S(N)(=O)c1c(C(=O)Nc2c3c(cc4c2CCC4C(F)F)CCC3)nn2c1OCCC2. The van der Waals surface area contributed by atoms with E-state index in [1.807, 2.05) is 6.07 Å². The molecule has 2 atom stereocenters. The Hall–Kier alpha value is -2.53. The number of nitrogens with zero attached hydrogens (tertiary/aromatic N) is 2. The van der Waals surface area contributed by atoms with Crippen molar-refractivity contribution in [2.45, 2.75) is 62.3 Å². The van der Waals surface area contributed by atoms with Gasteiger partial charge in [0.1, 0.15) is 9.92 Å². The summed E-state index contributed by atoms with van der Waals surface area (Å²) in [4.78, 5) is 13.0. The lowest BCUT2D eigenvalue weighted by atomic mass is 9.95. The van der Waals surface area contributed by atoms with Crippen LogP contribution in [0.2, 0.25) is 0 Å². The van der Waals surface area contributed by atoms with Gasteiger partial charge in [0.15, 0.2) is 10.6 Å². The summed E-state index contributed by atoms with van der Waals surface area (Å²) in [6.45, 7) is 0.807. The number of nitrogens with one attached hydrogen (secondary N) is 2. The number of ether oxygens (including phenoxy) is 1. The van der Waals surface area contributed by atoms with Gasteiger partial charge in [-0.25, -0.2) is 27.6 Å². The summed E-state index contributed by atoms with van der Waals surface area (Å²) in [5.41, 5.74) is 3.62. The van der Waals surface area contributed by atoms with Crippen LogP contribution in [-0.4, -0.2) is 32.9 Å². The van der Waals surface area contributed by atoms with E-state index in [2.05, 4.69) is 10.4 Å². The van der Waals surface area contributed by atoms with E-state index in [1.54, 1.807) is 0 Å². The molecule has 1 aliphatic heterocycles. The molecule has 31 heavy (non-hydrogen) atoms. The van der Waals surface area contributed by atoms with Crippen LogP contribution >= 0.6 is 0 Å². The van der Waals surface area contributed by atoms with E-state index < -0.39 is 28.2 Å². The van der Waals surface area contributed by atoms with Crippen LogP contribution in [0, 0.1) is 4.78 Å². The summed E-state index contributed by atoms with van der Waals surface area (Å²) < 4.78 is 54.4. The lowest BCUT2D eigenvalue weighted by molar-refractivity contribution is 0.101. The number of halogens is 2. The maximum absolute atomic E-state index is 13.6. The minimum absolute atomic E-state index is 0.0835. The normalized spacial score (nSPS) is 21.2. The number of amides is 1. The molecule has 0 saturated heterocycles. The molecule has 0 radical (unpaired) electrons. The number of nitrogens with two attached hydrogens (primary N) is 1. The molecule has 8 nitrogen and oxygen atoms in total. The van der Waals surface area contributed by atoms with Crippen molar-refractivity contribution < 1.29 is 22.5 Å². The molecule has 166 valence electrons. The van der Waals surface area contributed by atoms with E-state index in [9.17, 15) is 17.8 Å². The van der Waals surface area contributed by atoms with Crippen molar-refractivity contribution in [1.82, 2.24) is 9.78 Å². The molecule has 0 fully saturated rings. The van der Waals surface area contributed by atoms with Gasteiger partial charge in [0.05, 0.1) is 6.61 Å². The molecule has 0 bridgehead atoms. The molecule has 3 aliphatic rings. The molecule has 2 unspecified atom stereocenters. The monoisotopic (exact) mass is 451 g/mol. The first-order valence-electron chi connectivity index (χ1n) is 10.3. The van der Waals surface area contributed by atoms with Gasteiger partial charge in [0, 0.05) is 24.6 Å². The van der Waals surface area contributed by atoms with Crippen molar-refractivity contribution in [3.63, 3.8) is 0 Å². The second-order valence-electron chi connectivity index (χ2n) is 8.25. The Morgan fingerprint density at radius 3 is 2.87 bits per heavy atom. The third-order valence-electron chi connectivity index (χ3n) is 6.33. The first-order chi connectivity index (χ1) is 14.8.